The lowest BCUT2D eigenvalue weighted by Gasteiger charge is -2.27. The number of aromatic nitrogens is 1. The van der Waals surface area contributed by atoms with Crippen LogP contribution < -0.4 is 4.90 Å². The molecular formula is C58H36N2OS. The van der Waals surface area contributed by atoms with Gasteiger partial charge in [0.15, 0.2) is 0 Å². The summed E-state index contributed by atoms with van der Waals surface area (Å²) < 4.78 is 11.7. The van der Waals surface area contributed by atoms with Crippen molar-refractivity contribution < 1.29 is 4.42 Å². The van der Waals surface area contributed by atoms with E-state index in [1.165, 1.54) is 58.5 Å². The highest BCUT2D eigenvalue weighted by atomic mass is 32.1. The molecule has 0 radical (unpaired) electrons. The second kappa shape index (κ2) is 13.8. The summed E-state index contributed by atoms with van der Waals surface area (Å²) in [6.45, 7) is 0. The monoisotopic (exact) mass is 808 g/mol. The summed E-state index contributed by atoms with van der Waals surface area (Å²) >= 11 is 1.86. The molecule has 0 fully saturated rings. The number of rotatable bonds is 6. The van der Waals surface area contributed by atoms with Crippen molar-refractivity contribution in [1.29, 1.82) is 0 Å². The normalized spacial score (nSPS) is 11.9. The number of thiophene rings is 1. The highest BCUT2D eigenvalue weighted by Crippen LogP contribution is 2.46. The summed E-state index contributed by atoms with van der Waals surface area (Å²) in [4.78, 5) is 2.40. The first-order valence-electron chi connectivity index (χ1n) is 21.1. The lowest BCUT2D eigenvalue weighted by molar-refractivity contribution is 0.672. The van der Waals surface area contributed by atoms with Gasteiger partial charge < -0.3 is 13.9 Å². The molecule has 13 aromatic rings. The van der Waals surface area contributed by atoms with E-state index < -0.39 is 0 Å². The van der Waals surface area contributed by atoms with Crippen molar-refractivity contribution in [3.8, 4) is 27.9 Å². The lowest BCUT2D eigenvalue weighted by atomic mass is 10.0. The predicted molar refractivity (Wildman–Crippen MR) is 264 cm³/mol. The van der Waals surface area contributed by atoms with E-state index in [0.717, 1.165) is 61.2 Å². The maximum absolute atomic E-state index is 6.73. The van der Waals surface area contributed by atoms with Crippen LogP contribution in [-0.4, -0.2) is 4.57 Å². The van der Waals surface area contributed by atoms with Gasteiger partial charge in [0.25, 0.3) is 0 Å². The third-order valence-corrected chi connectivity index (χ3v) is 13.7. The molecule has 3 nitrogen and oxygen atoms in total. The minimum absolute atomic E-state index is 0.865. The van der Waals surface area contributed by atoms with E-state index in [4.69, 9.17) is 4.42 Å². The minimum Gasteiger partial charge on any atom is -0.455 e. The van der Waals surface area contributed by atoms with Crippen LogP contribution in [0.2, 0.25) is 0 Å². The fourth-order valence-corrected chi connectivity index (χ4v) is 10.9. The smallest absolute Gasteiger partial charge is 0.143 e. The average molecular weight is 809 g/mol. The van der Waals surface area contributed by atoms with E-state index >= 15 is 0 Å². The van der Waals surface area contributed by atoms with Gasteiger partial charge in [0.2, 0.25) is 0 Å². The van der Waals surface area contributed by atoms with Crippen LogP contribution in [0, 0.1) is 0 Å². The molecule has 0 amide bonds. The summed E-state index contributed by atoms with van der Waals surface area (Å²) in [5.41, 5.74) is 13.2. The van der Waals surface area contributed by atoms with Crippen molar-refractivity contribution in [3.05, 3.63) is 218 Å². The van der Waals surface area contributed by atoms with E-state index in [0.29, 0.717) is 0 Å². The number of hydrogen-bond donors (Lipinski definition) is 0. The van der Waals surface area contributed by atoms with Gasteiger partial charge in [-0.1, -0.05) is 140 Å². The van der Waals surface area contributed by atoms with Crippen molar-refractivity contribution in [2.75, 3.05) is 4.90 Å². The zero-order valence-electron chi connectivity index (χ0n) is 33.5. The zero-order chi connectivity index (χ0) is 40.7. The highest BCUT2D eigenvalue weighted by Gasteiger charge is 2.21. The van der Waals surface area contributed by atoms with E-state index in [1.807, 2.05) is 11.3 Å². The van der Waals surface area contributed by atoms with Crippen molar-refractivity contribution in [2.24, 2.45) is 0 Å². The van der Waals surface area contributed by atoms with Crippen LogP contribution in [0.15, 0.2) is 223 Å². The molecule has 0 saturated carbocycles. The number of nitrogens with zero attached hydrogens (tertiary/aromatic N) is 2. The molecule has 290 valence electrons. The van der Waals surface area contributed by atoms with Crippen molar-refractivity contribution in [1.82, 2.24) is 4.57 Å². The summed E-state index contributed by atoms with van der Waals surface area (Å²) in [7, 11) is 0. The topological polar surface area (TPSA) is 21.3 Å². The van der Waals surface area contributed by atoms with E-state index in [-0.39, 0.29) is 0 Å². The molecule has 0 N–H and O–H groups in total. The Balaban J connectivity index is 0.962. The van der Waals surface area contributed by atoms with Crippen LogP contribution in [0.25, 0.3) is 103 Å². The van der Waals surface area contributed by atoms with Crippen LogP contribution in [0.1, 0.15) is 0 Å². The van der Waals surface area contributed by atoms with Gasteiger partial charge in [-0.2, -0.15) is 0 Å². The largest absolute Gasteiger partial charge is 0.455 e. The molecule has 3 aromatic heterocycles. The Bertz CT molecular complexity index is 3830. The second-order valence-electron chi connectivity index (χ2n) is 16.1. The first-order valence-corrected chi connectivity index (χ1v) is 21.9. The number of furan rings is 1. The van der Waals surface area contributed by atoms with Gasteiger partial charge in [-0.25, -0.2) is 0 Å². The molecule has 0 aliphatic carbocycles. The Hall–Kier alpha value is -7.92. The number of benzene rings is 10. The fraction of sp³-hybridized carbons (Fsp3) is 0. The Morgan fingerprint density at radius 3 is 1.84 bits per heavy atom. The summed E-state index contributed by atoms with van der Waals surface area (Å²) in [5, 5.41) is 9.61. The van der Waals surface area contributed by atoms with Gasteiger partial charge in [-0.3, -0.25) is 0 Å². The molecule has 0 aliphatic heterocycles. The lowest BCUT2D eigenvalue weighted by Crippen LogP contribution is -2.10. The van der Waals surface area contributed by atoms with Gasteiger partial charge >= 0.3 is 0 Å². The molecule has 3 heterocycles. The molecule has 62 heavy (non-hydrogen) atoms. The fourth-order valence-electron chi connectivity index (χ4n) is 9.71. The summed E-state index contributed by atoms with van der Waals surface area (Å²) in [6.07, 6.45) is 0. The predicted octanol–water partition coefficient (Wildman–Crippen LogP) is 17.0. The van der Waals surface area contributed by atoms with Crippen LogP contribution in [0.3, 0.4) is 0 Å². The van der Waals surface area contributed by atoms with Crippen molar-refractivity contribution >= 4 is 103 Å². The standard InChI is InChI=1S/C58H36N2OS/c1-2-17-45-38(12-1)28-33-50-57-53(23-11-24-54(57)61-58(45)50)59(43-15-10-14-40(35-43)41-29-32-49-48-20-5-8-25-55(48)62-56(49)36-41)42-30-26-37(27-31-42)39-13-9-16-44(34-39)60-51-21-6-3-18-46(51)47-19-4-7-22-52(47)60/h1-36H. The number of hydrogen-bond acceptors (Lipinski definition) is 3. The Labute approximate surface area is 361 Å². The summed E-state index contributed by atoms with van der Waals surface area (Å²) in [5.74, 6) is 0. The average Bonchev–Trinajstić information content (AvgIpc) is 4.02. The van der Waals surface area contributed by atoms with E-state index in [1.54, 1.807) is 0 Å². The molecule has 13 rings (SSSR count). The van der Waals surface area contributed by atoms with Crippen LogP contribution in [0.4, 0.5) is 17.1 Å². The van der Waals surface area contributed by atoms with Crippen LogP contribution in [0.5, 0.6) is 0 Å². The molecule has 10 aromatic carbocycles. The molecule has 0 saturated heterocycles. The third kappa shape index (κ3) is 5.44. The number of para-hydroxylation sites is 2. The van der Waals surface area contributed by atoms with E-state index in [9.17, 15) is 0 Å². The molecule has 0 spiro atoms. The summed E-state index contributed by atoms with van der Waals surface area (Å²) in [6, 6.07) is 79.2. The van der Waals surface area contributed by atoms with E-state index in [2.05, 4.69) is 228 Å². The first kappa shape index (κ1) is 34.9. The Kier molecular flexibility index (Phi) is 7.78. The quantitative estimate of drug-likeness (QED) is 0.167. The van der Waals surface area contributed by atoms with Crippen molar-refractivity contribution in [2.45, 2.75) is 0 Å². The molecule has 4 heteroatoms. The maximum Gasteiger partial charge on any atom is 0.143 e. The third-order valence-electron chi connectivity index (χ3n) is 12.6. The molecule has 0 unspecified atom stereocenters. The number of anilines is 3. The first-order chi connectivity index (χ1) is 30.7. The maximum atomic E-state index is 6.73. The Morgan fingerprint density at radius 1 is 0.387 bits per heavy atom. The van der Waals surface area contributed by atoms with Gasteiger partial charge in [-0.15, -0.1) is 11.3 Å². The zero-order valence-corrected chi connectivity index (χ0v) is 34.3. The number of fused-ring (bicyclic) bond motifs is 11. The minimum atomic E-state index is 0.865. The SMILES string of the molecule is c1cc(-c2ccc3c(c2)sc2ccccc23)cc(N(c2ccc(-c3cccc(-n4c5ccccc5c5ccccc54)c3)cc2)c2cccc3oc4c5ccccc5ccc4c23)c1. The van der Waals surface area contributed by atoms with Gasteiger partial charge in [0.05, 0.1) is 22.1 Å². The second-order valence-corrected chi connectivity index (χ2v) is 17.2. The highest BCUT2D eigenvalue weighted by molar-refractivity contribution is 7.25. The molecular weight excluding hydrogens is 773 g/mol. The van der Waals surface area contributed by atoms with Crippen LogP contribution >= 0.6 is 11.3 Å². The van der Waals surface area contributed by atoms with Crippen molar-refractivity contribution in [3.63, 3.8) is 0 Å². The molecule has 0 aliphatic rings. The van der Waals surface area contributed by atoms with Gasteiger partial charge in [0.1, 0.15) is 11.2 Å². The van der Waals surface area contributed by atoms with Gasteiger partial charge in [-0.05, 0) is 107 Å². The van der Waals surface area contributed by atoms with Crippen LogP contribution in [-0.2, 0) is 0 Å². The Morgan fingerprint density at radius 2 is 1.02 bits per heavy atom. The molecule has 0 atom stereocenters. The van der Waals surface area contributed by atoms with Gasteiger partial charge in [0, 0.05) is 58.8 Å². The molecule has 0 bridgehead atoms.